The molecule has 0 bridgehead atoms. The first-order valence-electron chi connectivity index (χ1n) is 12.4. The molecule has 4 rings (SSSR count). The Hall–Kier alpha value is -3.16. The van der Waals surface area contributed by atoms with Gasteiger partial charge in [-0.1, -0.05) is 39.2 Å². The number of pyridine rings is 2. The lowest BCUT2D eigenvalue weighted by atomic mass is 9.95. The van der Waals surface area contributed by atoms with E-state index in [1.54, 1.807) is 23.5 Å². The number of nitrogens with zero attached hydrogens (tertiary/aromatic N) is 4. The summed E-state index contributed by atoms with van der Waals surface area (Å²) in [6.45, 7) is 6.79. The number of hydrogen-bond acceptors (Lipinski definition) is 5. The van der Waals surface area contributed by atoms with Gasteiger partial charge in [-0.05, 0) is 30.9 Å². The molecule has 1 N–H and O–H groups in total. The molecule has 0 spiro atoms. The van der Waals surface area contributed by atoms with Crippen LogP contribution in [0.25, 0.3) is 0 Å². The summed E-state index contributed by atoms with van der Waals surface area (Å²) in [6, 6.07) is 5.99. The van der Waals surface area contributed by atoms with Crippen LogP contribution in [0.15, 0.2) is 41.6 Å². The maximum atomic E-state index is 13.5. The quantitative estimate of drug-likeness (QED) is 0.708. The second-order valence-electron chi connectivity index (χ2n) is 9.72. The van der Waals surface area contributed by atoms with E-state index >= 15 is 0 Å². The Morgan fingerprint density at radius 2 is 1.74 bits per heavy atom. The number of carbonyl (C=O) groups excluding carboxylic acids is 2. The molecule has 2 aromatic heterocycles. The Morgan fingerprint density at radius 3 is 2.38 bits per heavy atom. The van der Waals surface area contributed by atoms with Gasteiger partial charge in [0.05, 0.1) is 0 Å². The van der Waals surface area contributed by atoms with E-state index in [1.807, 2.05) is 36.6 Å². The molecule has 2 fully saturated rings. The van der Waals surface area contributed by atoms with Crippen LogP contribution in [0.1, 0.15) is 72.7 Å². The van der Waals surface area contributed by atoms with E-state index in [0.717, 1.165) is 31.5 Å². The SMILES string of the molecule is CC(C)CNC(=O)c1cn(C2CCCCC2)cc(C(=O)N2CCN(c3ccccn3)CC2)c1=O. The second-order valence-corrected chi connectivity index (χ2v) is 9.72. The van der Waals surface area contributed by atoms with E-state index < -0.39 is 11.3 Å². The van der Waals surface area contributed by atoms with Crippen LogP contribution in [0.5, 0.6) is 0 Å². The zero-order valence-corrected chi connectivity index (χ0v) is 20.2. The largest absolute Gasteiger partial charge is 0.353 e. The Labute approximate surface area is 201 Å². The Kier molecular flexibility index (Phi) is 7.65. The highest BCUT2D eigenvalue weighted by Gasteiger charge is 2.28. The van der Waals surface area contributed by atoms with Crippen molar-refractivity contribution in [2.75, 3.05) is 37.6 Å². The van der Waals surface area contributed by atoms with Crippen molar-refractivity contribution in [1.29, 1.82) is 0 Å². The number of piperazine rings is 1. The fourth-order valence-electron chi connectivity index (χ4n) is 4.74. The van der Waals surface area contributed by atoms with Gasteiger partial charge in [0.15, 0.2) is 0 Å². The lowest BCUT2D eigenvalue weighted by Gasteiger charge is -2.35. The molecule has 2 aromatic rings. The van der Waals surface area contributed by atoms with Crippen molar-refractivity contribution in [3.05, 3.63) is 58.1 Å². The van der Waals surface area contributed by atoms with Crippen molar-refractivity contribution in [2.24, 2.45) is 5.92 Å². The minimum atomic E-state index is -0.481. The molecular formula is C26H35N5O3. The molecule has 2 amide bonds. The molecule has 0 radical (unpaired) electrons. The maximum Gasteiger partial charge on any atom is 0.259 e. The van der Waals surface area contributed by atoms with E-state index in [2.05, 4.69) is 15.2 Å². The fourth-order valence-corrected chi connectivity index (χ4v) is 4.74. The van der Waals surface area contributed by atoms with Gasteiger partial charge in [-0.2, -0.15) is 0 Å². The van der Waals surface area contributed by atoms with Gasteiger partial charge in [0.25, 0.3) is 11.8 Å². The van der Waals surface area contributed by atoms with Crippen LogP contribution in [-0.4, -0.2) is 59.0 Å². The predicted molar refractivity (Wildman–Crippen MR) is 132 cm³/mol. The highest BCUT2D eigenvalue weighted by Crippen LogP contribution is 2.28. The summed E-state index contributed by atoms with van der Waals surface area (Å²) in [5.41, 5.74) is -0.330. The van der Waals surface area contributed by atoms with Crippen LogP contribution in [-0.2, 0) is 0 Å². The van der Waals surface area contributed by atoms with Gasteiger partial charge in [0.1, 0.15) is 16.9 Å². The Morgan fingerprint density at radius 1 is 1.03 bits per heavy atom. The summed E-state index contributed by atoms with van der Waals surface area (Å²) >= 11 is 0. The van der Waals surface area contributed by atoms with E-state index in [1.165, 1.54) is 6.42 Å². The van der Waals surface area contributed by atoms with Crippen molar-refractivity contribution in [3.63, 3.8) is 0 Å². The van der Waals surface area contributed by atoms with Crippen molar-refractivity contribution < 1.29 is 9.59 Å². The van der Waals surface area contributed by atoms with Crippen molar-refractivity contribution >= 4 is 17.6 Å². The number of carbonyl (C=O) groups is 2. The van der Waals surface area contributed by atoms with Gasteiger partial charge in [0.2, 0.25) is 5.43 Å². The average molecular weight is 466 g/mol. The number of rotatable bonds is 6. The normalized spacial score (nSPS) is 17.1. The first-order chi connectivity index (χ1) is 16.4. The molecule has 0 atom stereocenters. The van der Waals surface area contributed by atoms with Crippen LogP contribution in [0, 0.1) is 5.92 Å². The van der Waals surface area contributed by atoms with E-state index in [9.17, 15) is 14.4 Å². The van der Waals surface area contributed by atoms with Crippen LogP contribution in [0.2, 0.25) is 0 Å². The average Bonchev–Trinajstić information content (AvgIpc) is 2.88. The molecule has 34 heavy (non-hydrogen) atoms. The molecule has 2 aliphatic rings. The summed E-state index contributed by atoms with van der Waals surface area (Å²) in [7, 11) is 0. The summed E-state index contributed by atoms with van der Waals surface area (Å²) in [6.07, 6.45) is 10.5. The minimum Gasteiger partial charge on any atom is -0.353 e. The number of anilines is 1. The molecule has 8 heteroatoms. The molecular weight excluding hydrogens is 430 g/mol. The van der Waals surface area contributed by atoms with Gasteiger partial charge in [-0.25, -0.2) is 4.98 Å². The summed E-state index contributed by atoms with van der Waals surface area (Å²) in [5.74, 6) is 0.453. The van der Waals surface area contributed by atoms with Crippen molar-refractivity contribution in [1.82, 2.24) is 19.8 Å². The molecule has 8 nitrogen and oxygen atoms in total. The monoisotopic (exact) mass is 465 g/mol. The van der Waals surface area contributed by atoms with E-state index in [-0.39, 0.29) is 29.0 Å². The maximum absolute atomic E-state index is 13.5. The van der Waals surface area contributed by atoms with E-state index in [4.69, 9.17) is 0 Å². The molecule has 1 saturated carbocycles. The van der Waals surface area contributed by atoms with E-state index in [0.29, 0.717) is 32.7 Å². The number of aromatic nitrogens is 2. The third-order valence-corrected chi connectivity index (χ3v) is 6.73. The molecule has 1 saturated heterocycles. The first-order valence-corrected chi connectivity index (χ1v) is 12.4. The van der Waals surface area contributed by atoms with Crippen molar-refractivity contribution in [2.45, 2.75) is 52.0 Å². The van der Waals surface area contributed by atoms with Gasteiger partial charge >= 0.3 is 0 Å². The molecule has 3 heterocycles. The Bertz CT molecular complexity index is 1050. The predicted octanol–water partition coefficient (Wildman–Crippen LogP) is 3.10. The third-order valence-electron chi connectivity index (χ3n) is 6.73. The van der Waals surface area contributed by atoms with Crippen LogP contribution in [0.3, 0.4) is 0 Å². The number of nitrogens with one attached hydrogen (secondary N) is 1. The minimum absolute atomic E-state index is 0.0594. The van der Waals surface area contributed by atoms with Gasteiger partial charge in [0, 0.05) is 57.4 Å². The summed E-state index contributed by atoms with van der Waals surface area (Å²) < 4.78 is 1.95. The van der Waals surface area contributed by atoms with Crippen molar-refractivity contribution in [3.8, 4) is 0 Å². The third kappa shape index (κ3) is 5.48. The van der Waals surface area contributed by atoms with Gasteiger partial charge in [-0.3, -0.25) is 14.4 Å². The smallest absolute Gasteiger partial charge is 0.259 e. The topological polar surface area (TPSA) is 87.5 Å². The molecule has 0 aromatic carbocycles. The van der Waals surface area contributed by atoms with Crippen LogP contribution in [0.4, 0.5) is 5.82 Å². The number of hydrogen-bond donors (Lipinski definition) is 1. The molecule has 1 aliphatic carbocycles. The Balaban J connectivity index is 1.58. The van der Waals surface area contributed by atoms with Gasteiger partial charge in [-0.15, -0.1) is 0 Å². The van der Waals surface area contributed by atoms with Crippen LogP contribution >= 0.6 is 0 Å². The fraction of sp³-hybridized carbons (Fsp3) is 0.538. The first kappa shape index (κ1) is 24.0. The van der Waals surface area contributed by atoms with Crippen LogP contribution < -0.4 is 15.6 Å². The molecule has 1 aliphatic heterocycles. The lowest BCUT2D eigenvalue weighted by Crippen LogP contribution is -2.50. The molecule has 0 unspecified atom stereocenters. The highest BCUT2D eigenvalue weighted by molar-refractivity contribution is 5.99. The standard InChI is InChI=1S/C26H35N5O3/c1-19(2)16-28-25(33)21-17-31(20-8-4-3-5-9-20)18-22(24(21)32)26(34)30-14-12-29(13-15-30)23-10-6-7-11-27-23/h6-7,10-11,17-20H,3-5,8-9,12-16H2,1-2H3,(H,28,33). The zero-order valence-electron chi connectivity index (χ0n) is 20.2. The second kappa shape index (κ2) is 10.8. The summed E-state index contributed by atoms with van der Waals surface area (Å²) in [5, 5.41) is 2.85. The summed E-state index contributed by atoms with van der Waals surface area (Å²) in [4.78, 5) is 47.9. The van der Waals surface area contributed by atoms with Gasteiger partial charge < -0.3 is 19.7 Å². The zero-order chi connectivity index (χ0) is 24.1. The molecule has 182 valence electrons. The number of amides is 2. The lowest BCUT2D eigenvalue weighted by molar-refractivity contribution is 0.0744. The highest BCUT2D eigenvalue weighted by atomic mass is 16.2.